The number of rotatable bonds is 15. The Labute approximate surface area is 549 Å². The van der Waals surface area contributed by atoms with Crippen LogP contribution in [0.1, 0.15) is 37.5 Å². The molecule has 9 aromatic rings. The quantitative estimate of drug-likeness (QED) is 0.0908. The van der Waals surface area contributed by atoms with Gasteiger partial charge >= 0.3 is 11.9 Å². The third-order valence-corrected chi connectivity index (χ3v) is 25.6. The second kappa shape index (κ2) is 23.9. The third-order valence-electron chi connectivity index (χ3n) is 15.6. The molecule has 0 spiro atoms. The van der Waals surface area contributed by atoms with Gasteiger partial charge in [-0.2, -0.15) is 5.26 Å². The molecule has 0 radical (unpaired) electrons. The van der Waals surface area contributed by atoms with Gasteiger partial charge in [0.05, 0.1) is 74.4 Å². The molecule has 0 aliphatic carbocycles. The fourth-order valence-corrected chi connectivity index (χ4v) is 21.7. The fourth-order valence-electron chi connectivity index (χ4n) is 11.7. The van der Waals surface area contributed by atoms with Crippen molar-refractivity contribution >= 4 is 126 Å². The molecule has 466 valence electrons. The number of nitrogens with zero attached hydrogens (tertiary/aromatic N) is 3. The van der Waals surface area contributed by atoms with Gasteiger partial charge in [0, 0.05) is 16.3 Å². The molecule has 91 heavy (non-hydrogen) atoms. The first-order chi connectivity index (χ1) is 44.6. The van der Waals surface area contributed by atoms with E-state index in [-0.39, 0.29) is 42.2 Å². The van der Waals surface area contributed by atoms with E-state index in [0.717, 1.165) is 62.1 Å². The van der Waals surface area contributed by atoms with E-state index in [1.165, 1.54) is 91.9 Å². The largest absolute Gasteiger partial charge is 0.485 e. The van der Waals surface area contributed by atoms with Crippen LogP contribution in [0.4, 0.5) is 11.4 Å². The van der Waals surface area contributed by atoms with Crippen LogP contribution in [-0.4, -0.2) is 113 Å². The molecule has 0 fully saturated rings. The lowest BCUT2D eigenvalue weighted by Crippen LogP contribution is -2.35. The monoisotopic (exact) mass is 1380 g/mol. The Morgan fingerprint density at radius 2 is 0.912 bits per heavy atom. The number of aliphatic carboxylic acids is 2. The summed E-state index contributed by atoms with van der Waals surface area (Å²) in [6, 6.07) is 17.0. The lowest BCUT2D eigenvalue weighted by atomic mass is 10.1. The number of unbranched alkanes of at least 4 members (excludes halogenated alkanes) is 3. The first kappa shape index (κ1) is 58.1. The third kappa shape index (κ3) is 9.92. The zero-order chi connectivity index (χ0) is 61.6. The number of para-hydroxylation sites is 1. The van der Waals surface area contributed by atoms with Gasteiger partial charge < -0.3 is 72.0 Å². The minimum Gasteiger partial charge on any atom is -0.485 e. The lowest BCUT2D eigenvalue weighted by Gasteiger charge is -2.33. The highest BCUT2D eigenvalue weighted by atomic mass is 32.2. The lowest BCUT2D eigenvalue weighted by molar-refractivity contribution is -0.138. The molecule has 2 aromatic carbocycles. The van der Waals surface area contributed by atoms with Gasteiger partial charge in [-0.25, -0.2) is 4.79 Å². The SMILES string of the molecule is CCCCCCN1c2ccccc2Sc2cc(-c3sc(-c4sc(-c5sc(-c6sc(-c7sc(-c8sc(/C=c9\s/c(=C(\C#N)C(=O)O)n(CC(=O)O)c9=O)c9c8OCCO9)c8c7OCCO8)c7c6OCCO7)c6c5OCCO6)c5c4OCCO5)c4c3OCCO4)ccc21. The Bertz CT molecular complexity index is 4720. The van der Waals surface area contributed by atoms with Crippen LogP contribution in [0, 0.1) is 11.3 Å². The van der Waals surface area contributed by atoms with E-state index in [4.69, 9.17) is 56.8 Å². The summed E-state index contributed by atoms with van der Waals surface area (Å²) in [4.78, 5) is 51.7. The van der Waals surface area contributed by atoms with Gasteiger partial charge in [0.25, 0.3) is 5.56 Å². The summed E-state index contributed by atoms with van der Waals surface area (Å²) in [5, 5.41) is 29.2. The number of anilines is 2. The smallest absolute Gasteiger partial charge is 0.349 e. The van der Waals surface area contributed by atoms with Gasteiger partial charge in [-0.3, -0.25) is 14.2 Å². The fraction of sp³-hybridized carbons (Fsp3) is 0.302. The molecule has 16 rings (SSSR count). The van der Waals surface area contributed by atoms with Gasteiger partial charge in [-0.1, -0.05) is 56.1 Å². The van der Waals surface area contributed by atoms with Crippen molar-refractivity contribution in [2.24, 2.45) is 0 Å². The number of ether oxygens (including phenoxy) is 12. The Hall–Kier alpha value is -8.01. The van der Waals surface area contributed by atoms with Crippen molar-refractivity contribution in [3.63, 3.8) is 0 Å². The molecule has 7 aliphatic rings. The van der Waals surface area contributed by atoms with Crippen LogP contribution in [0.3, 0.4) is 0 Å². The normalized spacial score (nSPS) is 16.0. The molecule has 7 aromatic heterocycles. The van der Waals surface area contributed by atoms with Crippen LogP contribution in [-0.2, 0) is 16.1 Å². The van der Waals surface area contributed by atoms with Crippen LogP contribution in [0.2, 0.25) is 0 Å². The van der Waals surface area contributed by atoms with Crippen molar-refractivity contribution in [2.75, 3.05) is 90.7 Å². The number of hydrogen-bond acceptors (Lipinski definition) is 25. The van der Waals surface area contributed by atoms with Crippen LogP contribution < -0.4 is 76.5 Å². The summed E-state index contributed by atoms with van der Waals surface area (Å²) < 4.78 is 78.7. The number of nitriles is 1. The summed E-state index contributed by atoms with van der Waals surface area (Å²) in [6.45, 7) is 5.95. The molecule has 2 N–H and O–H groups in total. The van der Waals surface area contributed by atoms with Gasteiger partial charge in [0.15, 0.2) is 74.6 Å². The molecule has 0 bridgehead atoms. The zero-order valence-corrected chi connectivity index (χ0v) is 54.5. The van der Waals surface area contributed by atoms with Crippen molar-refractivity contribution in [2.45, 2.75) is 48.9 Å². The Kier molecular flexibility index (Phi) is 15.3. The highest BCUT2D eigenvalue weighted by Crippen LogP contribution is 2.69. The molecule has 0 atom stereocenters. The van der Waals surface area contributed by atoms with E-state index >= 15 is 0 Å². The molecular weight excluding hydrogens is 1330 g/mol. The molecular formula is C63H49N3O17S8. The van der Waals surface area contributed by atoms with E-state index < -0.39 is 29.6 Å². The van der Waals surface area contributed by atoms with Gasteiger partial charge in [-0.05, 0) is 42.3 Å². The van der Waals surface area contributed by atoms with E-state index in [0.29, 0.717) is 146 Å². The molecule has 20 nitrogen and oxygen atoms in total. The minimum atomic E-state index is -1.60. The maximum Gasteiger partial charge on any atom is 0.349 e. The summed E-state index contributed by atoms with van der Waals surface area (Å²) in [5.74, 6) is 3.49. The predicted molar refractivity (Wildman–Crippen MR) is 350 cm³/mol. The first-order valence-corrected chi connectivity index (χ1v) is 35.7. The second-order valence-corrected chi connectivity index (χ2v) is 29.5. The number of aromatic nitrogens is 1. The molecule has 14 heterocycles. The van der Waals surface area contributed by atoms with Crippen LogP contribution >= 0.6 is 91.1 Å². The Morgan fingerprint density at radius 1 is 0.505 bits per heavy atom. The maximum atomic E-state index is 13.8. The van der Waals surface area contributed by atoms with Crippen LogP contribution in [0.25, 0.3) is 70.9 Å². The van der Waals surface area contributed by atoms with Gasteiger partial charge in [0.1, 0.15) is 96.6 Å². The standard InChI is InChI=1S/C63H49N3O17S8/c1-2-3-4-7-12-65-31-8-5-6-9-33(31)84-34-25-29(10-11-32(34)65)50-40-41(75-16-15-74-40)53(87-50)54-44-45(79-20-19-78-44)57(89-54)58-48-49(83-24-23-82-48)60(91-58)59-47-46(80-21-22-81-47)56(90-59)55-43-42(76-17-18-77-43)52(88-55)51-39-38(72-13-14-73-39)35(85-51)26-36-61(69)66(28-37(67)68)62(86-36)30(27-64)63(70)71/h5-6,8-11,25-26H,2-4,7,12-24,28H2,1H3,(H,67,68)(H,70,71)/b36-26-,62-30+. The summed E-state index contributed by atoms with van der Waals surface area (Å²) in [6.07, 6.45) is 6.19. The van der Waals surface area contributed by atoms with Gasteiger partial charge in [-0.15, -0.1) is 79.4 Å². The number of fused-ring (bicyclic) bond motifs is 8. The molecule has 7 aliphatic heterocycles. The number of carboxylic acid groups (broad SMARTS) is 2. The summed E-state index contributed by atoms with van der Waals surface area (Å²) >= 11 is 11.3. The van der Waals surface area contributed by atoms with E-state index in [1.54, 1.807) is 40.5 Å². The van der Waals surface area contributed by atoms with Crippen molar-refractivity contribution < 1.29 is 76.6 Å². The molecule has 28 heteroatoms. The average Bonchev–Trinajstić information content (AvgIpc) is 1.34. The molecule has 0 saturated carbocycles. The van der Waals surface area contributed by atoms with E-state index in [9.17, 15) is 29.9 Å². The average molecular weight is 1380 g/mol. The molecule has 0 amide bonds. The van der Waals surface area contributed by atoms with Crippen LogP contribution in [0.5, 0.6) is 69.0 Å². The summed E-state index contributed by atoms with van der Waals surface area (Å²) in [5.41, 5.74) is 1.93. The highest BCUT2D eigenvalue weighted by molar-refractivity contribution is 7.99. The van der Waals surface area contributed by atoms with Crippen molar-refractivity contribution in [3.05, 3.63) is 66.9 Å². The van der Waals surface area contributed by atoms with Crippen LogP contribution in [0.15, 0.2) is 57.1 Å². The zero-order valence-electron chi connectivity index (χ0n) is 48.0. The maximum absolute atomic E-state index is 13.8. The second-order valence-electron chi connectivity index (χ2n) is 21.2. The predicted octanol–water partition coefficient (Wildman–Crippen LogP) is 12.8. The number of thiazole rings is 1. The Balaban J connectivity index is 0.789. The number of thiophene rings is 6. The Morgan fingerprint density at radius 3 is 1.35 bits per heavy atom. The van der Waals surface area contributed by atoms with E-state index in [2.05, 4.69) is 54.3 Å². The molecule has 0 saturated heterocycles. The topological polar surface area (TPSA) is 234 Å². The number of hydrogen-bond donors (Lipinski definition) is 2. The summed E-state index contributed by atoms with van der Waals surface area (Å²) in [7, 11) is 0. The first-order valence-electron chi connectivity index (χ1n) is 29.2. The van der Waals surface area contributed by atoms with E-state index in [1.807, 2.05) is 0 Å². The molecule has 0 unspecified atom stereocenters. The van der Waals surface area contributed by atoms with Crippen molar-refractivity contribution in [1.29, 1.82) is 5.26 Å². The van der Waals surface area contributed by atoms with Crippen molar-refractivity contribution in [1.82, 2.24) is 4.57 Å². The number of benzene rings is 2. The van der Waals surface area contributed by atoms with Crippen molar-refractivity contribution in [3.8, 4) is 134 Å². The highest BCUT2D eigenvalue weighted by Gasteiger charge is 2.41. The minimum absolute atomic E-state index is 0.0145. The number of carboxylic acids is 2. The van der Waals surface area contributed by atoms with Gasteiger partial charge in [0.2, 0.25) is 0 Å². The number of carbonyl (C=O) groups is 2.